The van der Waals surface area contributed by atoms with E-state index in [1.165, 1.54) is 44.8 Å². The van der Waals surface area contributed by atoms with Crippen molar-refractivity contribution in [2.75, 3.05) is 22.9 Å². The van der Waals surface area contributed by atoms with Crippen molar-refractivity contribution in [3.05, 3.63) is 112 Å². The highest BCUT2D eigenvalue weighted by atomic mass is 15.4. The summed E-state index contributed by atoms with van der Waals surface area (Å²) in [5.74, 6) is 0. The Kier molecular flexibility index (Phi) is 7.20. The highest BCUT2D eigenvalue weighted by Gasteiger charge is 2.27. The molecule has 0 saturated carbocycles. The largest absolute Gasteiger partial charge is 0.403 e. The molecule has 1 saturated heterocycles. The molecule has 0 aliphatic carbocycles. The Hall–Kier alpha value is -3.66. The third kappa shape index (κ3) is 5.22. The Morgan fingerprint density at radius 2 is 1.40 bits per heavy atom. The Morgan fingerprint density at radius 1 is 0.886 bits per heavy atom. The van der Waals surface area contributed by atoms with Crippen LogP contribution in [0, 0.1) is 41.3 Å². The molecule has 0 amide bonds. The molecule has 4 nitrogen and oxygen atoms in total. The van der Waals surface area contributed by atoms with Crippen molar-refractivity contribution in [3.63, 3.8) is 0 Å². The standard InChI is InChI=1S/C31H36N4/c1-7-26-8-10-27(11-9-26)19-33-29(18-32)28-16-24(5)31(25(6)17-28)35-13-12-34(20-35)30-22(3)14-21(2)15-23(30)4/h7-11,14-18,33H,1,12-13,19,32H2,2-6H3/b29-18-. The van der Waals surface area contributed by atoms with Gasteiger partial charge >= 0.3 is 0 Å². The molecular formula is C31H36N4. The van der Waals surface area contributed by atoms with Crippen LogP contribution in [0.1, 0.15) is 44.5 Å². The number of nitrogens with one attached hydrogen (secondary N) is 1. The van der Waals surface area contributed by atoms with Gasteiger partial charge < -0.3 is 20.9 Å². The van der Waals surface area contributed by atoms with E-state index in [1.54, 1.807) is 6.20 Å². The molecule has 1 fully saturated rings. The van der Waals surface area contributed by atoms with Gasteiger partial charge in [0.2, 0.25) is 6.67 Å². The van der Waals surface area contributed by atoms with Crippen molar-refractivity contribution >= 4 is 23.1 Å². The summed E-state index contributed by atoms with van der Waals surface area (Å²) < 4.78 is 0. The Labute approximate surface area is 210 Å². The minimum atomic E-state index is 0.707. The van der Waals surface area contributed by atoms with E-state index >= 15 is 0 Å². The summed E-state index contributed by atoms with van der Waals surface area (Å²) in [6.45, 7) is 20.8. The quantitative estimate of drug-likeness (QED) is 0.434. The van der Waals surface area contributed by atoms with E-state index in [2.05, 4.69) is 112 Å². The second kappa shape index (κ2) is 10.3. The molecule has 3 aromatic rings. The van der Waals surface area contributed by atoms with Crippen LogP contribution in [0.3, 0.4) is 0 Å². The number of aryl methyl sites for hydroxylation is 5. The van der Waals surface area contributed by atoms with E-state index in [9.17, 15) is 0 Å². The number of benzene rings is 3. The van der Waals surface area contributed by atoms with Crippen LogP contribution >= 0.6 is 0 Å². The first-order valence-corrected chi connectivity index (χ1v) is 12.2. The lowest BCUT2D eigenvalue weighted by Crippen LogP contribution is -2.21. The van der Waals surface area contributed by atoms with Crippen molar-refractivity contribution in [2.45, 2.75) is 41.2 Å². The van der Waals surface area contributed by atoms with E-state index in [0.717, 1.165) is 29.9 Å². The fourth-order valence-corrected chi connectivity index (χ4v) is 5.13. The van der Waals surface area contributed by atoms with E-state index in [0.29, 0.717) is 6.54 Å². The van der Waals surface area contributed by atoms with Gasteiger partial charge in [0.25, 0.3) is 0 Å². The second-order valence-electron chi connectivity index (χ2n) is 9.49. The van der Waals surface area contributed by atoms with Crippen molar-refractivity contribution in [3.8, 4) is 0 Å². The SMILES string of the molecule is C=Cc1ccc(CN/C(=C\N)c2cc(C)c(N3[C]N(c4c(C)cc(C)cc4C)CC3)c(C)c2)cc1. The normalized spacial score (nSPS) is 13.9. The monoisotopic (exact) mass is 464 g/mol. The molecule has 1 aliphatic heterocycles. The molecule has 180 valence electrons. The third-order valence-electron chi connectivity index (χ3n) is 6.63. The molecule has 35 heavy (non-hydrogen) atoms. The Morgan fingerprint density at radius 3 is 1.89 bits per heavy atom. The minimum Gasteiger partial charge on any atom is -0.403 e. The minimum absolute atomic E-state index is 0.707. The maximum Gasteiger partial charge on any atom is 0.208 e. The molecule has 3 N–H and O–H groups in total. The van der Waals surface area contributed by atoms with Gasteiger partial charge in [0.15, 0.2) is 0 Å². The average Bonchev–Trinajstić information content (AvgIpc) is 3.27. The smallest absolute Gasteiger partial charge is 0.208 e. The molecule has 4 rings (SSSR count). The summed E-state index contributed by atoms with van der Waals surface area (Å²) in [4.78, 5) is 4.52. The number of rotatable bonds is 7. The zero-order chi connectivity index (χ0) is 25.1. The van der Waals surface area contributed by atoms with E-state index < -0.39 is 0 Å². The summed E-state index contributed by atoms with van der Waals surface area (Å²) in [5.41, 5.74) is 19.2. The fraction of sp³-hybridized carbons (Fsp3) is 0.258. The fourth-order valence-electron chi connectivity index (χ4n) is 5.13. The van der Waals surface area contributed by atoms with E-state index in [1.807, 2.05) is 6.08 Å². The zero-order valence-electron chi connectivity index (χ0n) is 21.6. The first-order valence-electron chi connectivity index (χ1n) is 12.2. The molecule has 3 aromatic carbocycles. The molecule has 1 heterocycles. The molecular weight excluding hydrogens is 428 g/mol. The topological polar surface area (TPSA) is 44.5 Å². The average molecular weight is 465 g/mol. The maximum atomic E-state index is 6.03. The van der Waals surface area contributed by atoms with Gasteiger partial charge in [-0.3, -0.25) is 0 Å². The summed E-state index contributed by atoms with van der Waals surface area (Å²) in [6.07, 6.45) is 3.51. The molecule has 0 bridgehead atoms. The highest BCUT2D eigenvalue weighted by Crippen LogP contribution is 2.35. The number of nitrogens with zero attached hydrogens (tertiary/aromatic N) is 2. The van der Waals surface area contributed by atoms with Gasteiger partial charge in [-0.15, -0.1) is 0 Å². The lowest BCUT2D eigenvalue weighted by Gasteiger charge is -2.25. The molecule has 4 heteroatoms. The summed E-state index contributed by atoms with van der Waals surface area (Å²) in [5, 5.41) is 3.50. The molecule has 0 aromatic heterocycles. The summed E-state index contributed by atoms with van der Waals surface area (Å²) in [6, 6.07) is 17.3. The number of hydrogen-bond donors (Lipinski definition) is 2. The van der Waals surface area contributed by atoms with Crippen molar-refractivity contribution in [1.29, 1.82) is 0 Å². The van der Waals surface area contributed by atoms with Crippen LogP contribution in [-0.4, -0.2) is 13.1 Å². The van der Waals surface area contributed by atoms with Gasteiger partial charge in [-0.25, -0.2) is 0 Å². The lowest BCUT2D eigenvalue weighted by atomic mass is 10.0. The summed E-state index contributed by atoms with van der Waals surface area (Å²) >= 11 is 0. The molecule has 0 spiro atoms. The van der Waals surface area contributed by atoms with Crippen LogP contribution in [0.4, 0.5) is 11.4 Å². The highest BCUT2D eigenvalue weighted by molar-refractivity contribution is 5.73. The third-order valence-corrected chi connectivity index (χ3v) is 6.63. The van der Waals surface area contributed by atoms with Crippen LogP contribution in [0.2, 0.25) is 0 Å². The summed E-state index contributed by atoms with van der Waals surface area (Å²) in [7, 11) is 0. The first kappa shape index (κ1) is 24.5. The Balaban J connectivity index is 1.51. The molecule has 0 atom stereocenters. The maximum absolute atomic E-state index is 6.03. The van der Waals surface area contributed by atoms with Crippen LogP contribution in [0.5, 0.6) is 0 Å². The van der Waals surface area contributed by atoms with Crippen molar-refractivity contribution < 1.29 is 0 Å². The molecule has 2 radical (unpaired) electrons. The van der Waals surface area contributed by atoms with Gasteiger partial charge in [0.05, 0.1) is 5.70 Å². The van der Waals surface area contributed by atoms with Crippen LogP contribution in [0.15, 0.2) is 61.3 Å². The first-order chi connectivity index (χ1) is 16.8. The van der Waals surface area contributed by atoms with Gasteiger partial charge in [0.1, 0.15) is 0 Å². The number of nitrogens with two attached hydrogens (primary N) is 1. The second-order valence-corrected chi connectivity index (χ2v) is 9.49. The van der Waals surface area contributed by atoms with E-state index in [4.69, 9.17) is 5.73 Å². The predicted molar refractivity (Wildman–Crippen MR) is 150 cm³/mol. The molecule has 0 unspecified atom stereocenters. The van der Waals surface area contributed by atoms with Gasteiger partial charge in [-0.1, -0.05) is 54.6 Å². The van der Waals surface area contributed by atoms with Gasteiger partial charge in [-0.2, -0.15) is 0 Å². The predicted octanol–water partition coefficient (Wildman–Crippen LogP) is 6.24. The lowest BCUT2D eigenvalue weighted by molar-refractivity contribution is 0.886. The van der Waals surface area contributed by atoms with E-state index in [-0.39, 0.29) is 0 Å². The van der Waals surface area contributed by atoms with Crippen LogP contribution in [-0.2, 0) is 6.54 Å². The zero-order valence-corrected chi connectivity index (χ0v) is 21.6. The van der Waals surface area contributed by atoms with Gasteiger partial charge in [0, 0.05) is 37.2 Å². The number of hydrogen-bond acceptors (Lipinski definition) is 4. The molecule has 1 aliphatic rings. The van der Waals surface area contributed by atoms with Crippen LogP contribution < -0.4 is 20.9 Å². The van der Waals surface area contributed by atoms with Crippen molar-refractivity contribution in [2.24, 2.45) is 5.73 Å². The van der Waals surface area contributed by atoms with Crippen molar-refractivity contribution in [1.82, 2.24) is 5.32 Å². The number of anilines is 2. The van der Waals surface area contributed by atoms with Gasteiger partial charge in [-0.05, 0) is 85.7 Å². The Bertz CT molecular complexity index is 1210. The van der Waals surface area contributed by atoms with Crippen LogP contribution in [0.25, 0.3) is 11.8 Å².